The number of rotatable bonds is 5. The summed E-state index contributed by atoms with van der Waals surface area (Å²) < 4.78 is 0. The van der Waals surface area contributed by atoms with Crippen LogP contribution in [0.4, 0.5) is 11.6 Å². The summed E-state index contributed by atoms with van der Waals surface area (Å²) in [6, 6.07) is 3.97. The first-order valence-electron chi connectivity index (χ1n) is 6.42. The number of hydrogen-bond acceptors (Lipinski definition) is 5. The Hall–Kier alpha value is -2.17. The van der Waals surface area contributed by atoms with Gasteiger partial charge in [-0.15, -0.1) is 0 Å². The summed E-state index contributed by atoms with van der Waals surface area (Å²) >= 11 is 0. The van der Waals surface area contributed by atoms with Crippen LogP contribution in [0.5, 0.6) is 0 Å². The molecular formula is C14H19N5. The number of aromatic nitrogens is 3. The summed E-state index contributed by atoms with van der Waals surface area (Å²) in [7, 11) is 0. The molecule has 2 aromatic heterocycles. The van der Waals surface area contributed by atoms with Crippen molar-refractivity contribution in [2.24, 2.45) is 0 Å². The molecule has 0 unspecified atom stereocenters. The van der Waals surface area contributed by atoms with Crippen LogP contribution in [0.3, 0.4) is 0 Å². The first-order valence-corrected chi connectivity index (χ1v) is 6.42. The lowest BCUT2D eigenvalue weighted by Crippen LogP contribution is -2.10. The van der Waals surface area contributed by atoms with E-state index in [2.05, 4.69) is 32.5 Å². The molecule has 2 heterocycles. The highest BCUT2D eigenvalue weighted by Gasteiger charge is 2.08. The summed E-state index contributed by atoms with van der Waals surface area (Å²) in [4.78, 5) is 13.0. The second-order valence-electron chi connectivity index (χ2n) is 4.34. The second kappa shape index (κ2) is 6.13. The van der Waals surface area contributed by atoms with Crippen molar-refractivity contribution < 1.29 is 0 Å². The summed E-state index contributed by atoms with van der Waals surface area (Å²) in [5.74, 6) is 2.52. The molecule has 0 saturated heterocycles. The average molecular weight is 257 g/mol. The number of pyridine rings is 1. The van der Waals surface area contributed by atoms with Crippen molar-refractivity contribution in [1.29, 1.82) is 0 Å². The van der Waals surface area contributed by atoms with Gasteiger partial charge >= 0.3 is 0 Å². The Morgan fingerprint density at radius 3 is 2.47 bits per heavy atom. The number of aryl methyl sites for hydroxylation is 1. The van der Waals surface area contributed by atoms with Gasteiger partial charge in [-0.25, -0.2) is 9.97 Å². The maximum absolute atomic E-state index is 4.45. The fraction of sp³-hybridized carbons (Fsp3) is 0.357. The van der Waals surface area contributed by atoms with E-state index in [1.54, 1.807) is 6.20 Å². The number of anilines is 2. The highest BCUT2D eigenvalue weighted by molar-refractivity contribution is 5.57. The largest absolute Gasteiger partial charge is 0.370 e. The topological polar surface area (TPSA) is 62.7 Å². The molecule has 5 nitrogen and oxygen atoms in total. The van der Waals surface area contributed by atoms with E-state index >= 15 is 0 Å². The van der Waals surface area contributed by atoms with Gasteiger partial charge in [0.1, 0.15) is 17.5 Å². The molecule has 0 amide bonds. The van der Waals surface area contributed by atoms with Crippen LogP contribution in [0.25, 0.3) is 0 Å². The van der Waals surface area contributed by atoms with Gasteiger partial charge in [0.15, 0.2) is 0 Å². The Bertz CT molecular complexity index is 539. The Labute approximate surface area is 113 Å². The number of nitrogens with one attached hydrogen (secondary N) is 2. The zero-order valence-electron chi connectivity index (χ0n) is 11.6. The van der Waals surface area contributed by atoms with Gasteiger partial charge in [0.25, 0.3) is 0 Å². The van der Waals surface area contributed by atoms with Crippen LogP contribution < -0.4 is 10.6 Å². The lowest BCUT2D eigenvalue weighted by molar-refractivity contribution is 0.990. The summed E-state index contributed by atoms with van der Waals surface area (Å²) in [5.41, 5.74) is 2.17. The Balaban J connectivity index is 2.16. The molecule has 0 bridgehead atoms. The number of hydrogen-bond donors (Lipinski definition) is 2. The van der Waals surface area contributed by atoms with E-state index in [-0.39, 0.29) is 0 Å². The van der Waals surface area contributed by atoms with Crippen molar-refractivity contribution in [3.63, 3.8) is 0 Å². The molecule has 100 valence electrons. The molecule has 2 rings (SSSR count). The van der Waals surface area contributed by atoms with E-state index in [1.165, 1.54) is 0 Å². The van der Waals surface area contributed by atoms with Crippen molar-refractivity contribution in [2.75, 3.05) is 17.2 Å². The monoisotopic (exact) mass is 257 g/mol. The minimum absolute atomic E-state index is 0.705. The molecule has 0 aliphatic rings. The van der Waals surface area contributed by atoms with Crippen molar-refractivity contribution in [3.8, 4) is 0 Å². The first kappa shape index (κ1) is 13.3. The Morgan fingerprint density at radius 2 is 1.84 bits per heavy atom. The number of nitrogens with zero attached hydrogens (tertiary/aromatic N) is 3. The SMILES string of the molecule is CCNc1nc(C)nc(NCc2cccnc2)c1C. The lowest BCUT2D eigenvalue weighted by Gasteiger charge is -2.13. The van der Waals surface area contributed by atoms with Crippen molar-refractivity contribution >= 4 is 11.6 Å². The standard InChI is InChI=1S/C14H19N5/c1-4-16-13-10(2)14(19-11(3)18-13)17-9-12-6-5-7-15-8-12/h5-8H,4,9H2,1-3H3,(H2,16,17,18,19). The van der Waals surface area contributed by atoms with E-state index < -0.39 is 0 Å². The predicted octanol–water partition coefficient (Wildman–Crippen LogP) is 2.53. The molecule has 2 N–H and O–H groups in total. The highest BCUT2D eigenvalue weighted by Crippen LogP contribution is 2.20. The zero-order chi connectivity index (χ0) is 13.7. The van der Waals surface area contributed by atoms with E-state index in [0.29, 0.717) is 6.54 Å². The molecule has 0 aliphatic carbocycles. The fourth-order valence-electron chi connectivity index (χ4n) is 1.83. The molecule has 0 atom stereocenters. The lowest BCUT2D eigenvalue weighted by atomic mass is 10.2. The maximum atomic E-state index is 4.45. The van der Waals surface area contributed by atoms with Crippen LogP contribution in [0.2, 0.25) is 0 Å². The zero-order valence-corrected chi connectivity index (χ0v) is 11.6. The second-order valence-corrected chi connectivity index (χ2v) is 4.34. The fourth-order valence-corrected chi connectivity index (χ4v) is 1.83. The van der Waals surface area contributed by atoms with Gasteiger partial charge in [0.05, 0.1) is 0 Å². The normalized spacial score (nSPS) is 10.3. The third kappa shape index (κ3) is 3.40. The van der Waals surface area contributed by atoms with Crippen LogP contribution in [-0.2, 0) is 6.54 Å². The molecule has 0 fully saturated rings. The summed E-state index contributed by atoms with van der Waals surface area (Å²) in [6.45, 7) is 7.52. The minimum Gasteiger partial charge on any atom is -0.370 e. The van der Waals surface area contributed by atoms with Gasteiger partial charge in [0.2, 0.25) is 0 Å². The van der Waals surface area contributed by atoms with E-state index in [9.17, 15) is 0 Å². The van der Waals surface area contributed by atoms with Gasteiger partial charge in [-0.1, -0.05) is 6.07 Å². The van der Waals surface area contributed by atoms with Gasteiger partial charge in [-0.2, -0.15) is 0 Å². The smallest absolute Gasteiger partial charge is 0.135 e. The summed E-state index contributed by atoms with van der Waals surface area (Å²) in [6.07, 6.45) is 3.62. The molecule has 0 aliphatic heterocycles. The molecule has 19 heavy (non-hydrogen) atoms. The van der Waals surface area contributed by atoms with Crippen molar-refractivity contribution in [3.05, 3.63) is 41.5 Å². The molecule has 0 radical (unpaired) electrons. The third-order valence-corrected chi connectivity index (χ3v) is 2.78. The molecule has 0 spiro atoms. The van der Waals surface area contributed by atoms with Crippen LogP contribution in [0.1, 0.15) is 23.9 Å². The van der Waals surface area contributed by atoms with E-state index in [4.69, 9.17) is 0 Å². The van der Waals surface area contributed by atoms with Crippen molar-refractivity contribution in [2.45, 2.75) is 27.3 Å². The molecule has 5 heteroatoms. The van der Waals surface area contributed by atoms with Crippen LogP contribution >= 0.6 is 0 Å². The average Bonchev–Trinajstić information content (AvgIpc) is 2.42. The van der Waals surface area contributed by atoms with E-state index in [1.807, 2.05) is 32.2 Å². The van der Waals surface area contributed by atoms with Gasteiger partial charge in [0, 0.05) is 31.0 Å². The first-order chi connectivity index (χ1) is 9.20. The Kier molecular flexibility index (Phi) is 4.28. The quantitative estimate of drug-likeness (QED) is 0.861. The van der Waals surface area contributed by atoms with Crippen LogP contribution in [0, 0.1) is 13.8 Å². The van der Waals surface area contributed by atoms with E-state index in [0.717, 1.165) is 35.1 Å². The summed E-state index contributed by atoms with van der Waals surface area (Å²) in [5, 5.41) is 6.59. The third-order valence-electron chi connectivity index (χ3n) is 2.78. The van der Waals surface area contributed by atoms with Crippen LogP contribution in [0.15, 0.2) is 24.5 Å². The predicted molar refractivity (Wildman–Crippen MR) is 77.2 cm³/mol. The molecule has 0 aromatic carbocycles. The molecule has 0 saturated carbocycles. The van der Waals surface area contributed by atoms with Gasteiger partial charge in [-0.3, -0.25) is 4.98 Å². The van der Waals surface area contributed by atoms with Gasteiger partial charge < -0.3 is 10.6 Å². The highest BCUT2D eigenvalue weighted by atomic mass is 15.1. The molecular weight excluding hydrogens is 238 g/mol. The Morgan fingerprint density at radius 1 is 1.11 bits per heavy atom. The van der Waals surface area contributed by atoms with Gasteiger partial charge in [-0.05, 0) is 32.4 Å². The molecule has 2 aromatic rings. The maximum Gasteiger partial charge on any atom is 0.135 e. The van der Waals surface area contributed by atoms with Crippen molar-refractivity contribution in [1.82, 2.24) is 15.0 Å². The van der Waals surface area contributed by atoms with Crippen LogP contribution in [-0.4, -0.2) is 21.5 Å². The minimum atomic E-state index is 0.705.